The Morgan fingerprint density at radius 2 is 2.14 bits per heavy atom. The Morgan fingerprint density at radius 1 is 1.43 bits per heavy atom. The predicted octanol–water partition coefficient (Wildman–Crippen LogP) is 2.32. The molecular formula is C14H21N3O4. The van der Waals surface area contributed by atoms with Crippen LogP contribution < -0.4 is 15.4 Å². The maximum absolute atomic E-state index is 11.6. The van der Waals surface area contributed by atoms with Crippen LogP contribution in [0.15, 0.2) is 18.2 Å². The summed E-state index contributed by atoms with van der Waals surface area (Å²) in [5.41, 5.74) is 0.498. The predicted molar refractivity (Wildman–Crippen MR) is 80.7 cm³/mol. The number of hydrogen-bond acceptors (Lipinski definition) is 5. The van der Waals surface area contributed by atoms with Gasteiger partial charge in [-0.2, -0.15) is 0 Å². The van der Waals surface area contributed by atoms with E-state index in [1.54, 1.807) is 6.07 Å². The Labute approximate surface area is 123 Å². The molecule has 1 unspecified atom stereocenters. The van der Waals surface area contributed by atoms with Gasteiger partial charge in [-0.3, -0.25) is 14.9 Å². The Hall–Kier alpha value is -2.31. The summed E-state index contributed by atoms with van der Waals surface area (Å²) >= 11 is 0. The molecule has 1 aromatic carbocycles. The second-order valence-electron chi connectivity index (χ2n) is 4.73. The van der Waals surface area contributed by atoms with E-state index >= 15 is 0 Å². The lowest BCUT2D eigenvalue weighted by Gasteiger charge is -2.12. The Bertz CT molecular complexity index is 505. The van der Waals surface area contributed by atoms with Gasteiger partial charge in [0.25, 0.3) is 5.69 Å². The minimum atomic E-state index is -0.483. The molecule has 116 valence electrons. The summed E-state index contributed by atoms with van der Waals surface area (Å²) in [6.07, 6.45) is 1.18. The summed E-state index contributed by atoms with van der Waals surface area (Å²) < 4.78 is 5.02. The van der Waals surface area contributed by atoms with E-state index in [1.165, 1.54) is 19.2 Å². The minimum Gasteiger partial charge on any atom is -0.496 e. The average Bonchev–Trinajstić information content (AvgIpc) is 2.46. The number of benzene rings is 1. The summed E-state index contributed by atoms with van der Waals surface area (Å²) in [7, 11) is 1.45. The number of ether oxygens (including phenoxy) is 1. The molecule has 0 aliphatic heterocycles. The maximum Gasteiger partial charge on any atom is 0.275 e. The summed E-state index contributed by atoms with van der Waals surface area (Å²) in [4.78, 5) is 21.9. The third-order valence-electron chi connectivity index (χ3n) is 3.04. The lowest BCUT2D eigenvalue weighted by molar-refractivity contribution is -0.384. The Morgan fingerprint density at radius 3 is 2.71 bits per heavy atom. The number of nitrogens with zero attached hydrogens (tertiary/aromatic N) is 1. The highest BCUT2D eigenvalue weighted by atomic mass is 16.6. The number of methoxy groups -OCH3 is 1. The molecular weight excluding hydrogens is 274 g/mol. The second-order valence-corrected chi connectivity index (χ2v) is 4.73. The van der Waals surface area contributed by atoms with E-state index < -0.39 is 4.92 Å². The van der Waals surface area contributed by atoms with Crippen LogP contribution >= 0.6 is 0 Å². The molecule has 0 spiro atoms. The van der Waals surface area contributed by atoms with Crippen LogP contribution in [0.3, 0.4) is 0 Å². The molecule has 0 fully saturated rings. The van der Waals surface area contributed by atoms with Gasteiger partial charge in [-0.1, -0.05) is 6.92 Å². The van der Waals surface area contributed by atoms with Crippen molar-refractivity contribution < 1.29 is 14.5 Å². The standard InChI is InChI=1S/C14H21N3O4/c1-4-10(2)16-14(18)5-6-15-11-7-12(17(19)20)9-13(8-11)21-3/h7-10,15H,4-6H2,1-3H3,(H,16,18). The molecule has 1 atom stereocenters. The van der Waals surface area contributed by atoms with Gasteiger partial charge in [0.05, 0.1) is 18.1 Å². The fourth-order valence-corrected chi connectivity index (χ4v) is 1.68. The molecule has 7 heteroatoms. The summed E-state index contributed by atoms with van der Waals surface area (Å²) in [6.45, 7) is 4.34. The number of hydrogen-bond donors (Lipinski definition) is 2. The quantitative estimate of drug-likeness (QED) is 0.567. The normalized spacial score (nSPS) is 11.6. The van der Waals surface area contributed by atoms with Gasteiger partial charge in [0.15, 0.2) is 0 Å². The first-order valence-electron chi connectivity index (χ1n) is 6.83. The van der Waals surface area contributed by atoms with Crippen LogP contribution in [-0.4, -0.2) is 30.5 Å². The Balaban J connectivity index is 2.57. The molecule has 0 heterocycles. The maximum atomic E-state index is 11.6. The average molecular weight is 295 g/mol. The highest BCUT2D eigenvalue weighted by molar-refractivity contribution is 5.76. The van der Waals surface area contributed by atoms with Gasteiger partial charge < -0.3 is 15.4 Å². The SMILES string of the molecule is CCC(C)NC(=O)CCNc1cc(OC)cc([N+](=O)[O-])c1. The number of nitro groups is 1. The van der Waals surface area contributed by atoms with Gasteiger partial charge in [-0.25, -0.2) is 0 Å². The smallest absolute Gasteiger partial charge is 0.275 e. The minimum absolute atomic E-state index is 0.0470. The van der Waals surface area contributed by atoms with Gasteiger partial charge in [0, 0.05) is 36.8 Å². The van der Waals surface area contributed by atoms with Crippen molar-refractivity contribution in [3.63, 3.8) is 0 Å². The zero-order valence-electron chi connectivity index (χ0n) is 12.5. The van der Waals surface area contributed by atoms with Crippen molar-refractivity contribution >= 4 is 17.3 Å². The van der Waals surface area contributed by atoms with E-state index in [9.17, 15) is 14.9 Å². The second kappa shape index (κ2) is 8.08. The number of carbonyl (C=O) groups is 1. The lowest BCUT2D eigenvalue weighted by Crippen LogP contribution is -2.32. The topological polar surface area (TPSA) is 93.5 Å². The number of nitrogens with one attached hydrogen (secondary N) is 2. The van der Waals surface area contributed by atoms with Crippen LogP contribution in [0, 0.1) is 10.1 Å². The molecule has 21 heavy (non-hydrogen) atoms. The van der Waals surface area contributed by atoms with Crippen LogP contribution in [0.25, 0.3) is 0 Å². The van der Waals surface area contributed by atoms with E-state index in [-0.39, 0.29) is 17.6 Å². The molecule has 0 bridgehead atoms. The molecule has 0 aliphatic carbocycles. The molecule has 0 aromatic heterocycles. The molecule has 1 rings (SSSR count). The van der Waals surface area contributed by atoms with E-state index in [0.29, 0.717) is 24.4 Å². The molecule has 7 nitrogen and oxygen atoms in total. The third-order valence-corrected chi connectivity index (χ3v) is 3.04. The van der Waals surface area contributed by atoms with E-state index in [1.807, 2.05) is 13.8 Å². The number of rotatable bonds is 8. The molecule has 1 aromatic rings. The van der Waals surface area contributed by atoms with Gasteiger partial charge in [-0.05, 0) is 13.3 Å². The molecule has 2 N–H and O–H groups in total. The number of non-ortho nitro benzene ring substituents is 1. The fraction of sp³-hybridized carbons (Fsp3) is 0.500. The van der Waals surface area contributed by atoms with Gasteiger partial charge in [0.2, 0.25) is 5.91 Å². The number of amides is 1. The monoisotopic (exact) mass is 295 g/mol. The van der Waals surface area contributed by atoms with E-state index in [2.05, 4.69) is 10.6 Å². The number of anilines is 1. The van der Waals surface area contributed by atoms with Crippen molar-refractivity contribution in [3.05, 3.63) is 28.3 Å². The summed E-state index contributed by atoms with van der Waals surface area (Å²) in [5, 5.41) is 16.7. The largest absolute Gasteiger partial charge is 0.496 e. The summed E-state index contributed by atoms with van der Waals surface area (Å²) in [5.74, 6) is 0.352. The van der Waals surface area contributed by atoms with Crippen molar-refractivity contribution in [2.24, 2.45) is 0 Å². The first-order chi connectivity index (χ1) is 9.96. The van der Waals surface area contributed by atoms with E-state index in [4.69, 9.17) is 4.74 Å². The fourth-order valence-electron chi connectivity index (χ4n) is 1.68. The highest BCUT2D eigenvalue weighted by Gasteiger charge is 2.10. The van der Waals surface area contributed by atoms with Crippen LogP contribution in [0.4, 0.5) is 11.4 Å². The lowest BCUT2D eigenvalue weighted by atomic mass is 10.2. The highest BCUT2D eigenvalue weighted by Crippen LogP contribution is 2.25. The van der Waals surface area contributed by atoms with Crippen molar-refractivity contribution in [1.29, 1.82) is 0 Å². The van der Waals surface area contributed by atoms with Crippen LogP contribution in [0.5, 0.6) is 5.75 Å². The van der Waals surface area contributed by atoms with Crippen molar-refractivity contribution in [1.82, 2.24) is 5.32 Å². The number of nitro benzene ring substituents is 1. The molecule has 0 aliphatic rings. The molecule has 1 amide bonds. The van der Waals surface area contributed by atoms with Gasteiger partial charge in [-0.15, -0.1) is 0 Å². The molecule has 0 saturated carbocycles. The number of carbonyl (C=O) groups excluding carboxylic acids is 1. The van der Waals surface area contributed by atoms with Crippen molar-refractivity contribution in [2.45, 2.75) is 32.7 Å². The van der Waals surface area contributed by atoms with E-state index in [0.717, 1.165) is 6.42 Å². The zero-order valence-corrected chi connectivity index (χ0v) is 12.5. The molecule has 0 radical (unpaired) electrons. The zero-order chi connectivity index (χ0) is 15.8. The van der Waals surface area contributed by atoms with Crippen LogP contribution in [0.1, 0.15) is 26.7 Å². The van der Waals surface area contributed by atoms with Crippen molar-refractivity contribution in [3.8, 4) is 5.75 Å². The third kappa shape index (κ3) is 5.68. The van der Waals surface area contributed by atoms with Crippen LogP contribution in [0.2, 0.25) is 0 Å². The van der Waals surface area contributed by atoms with Crippen molar-refractivity contribution in [2.75, 3.05) is 19.0 Å². The van der Waals surface area contributed by atoms with Crippen LogP contribution in [-0.2, 0) is 4.79 Å². The first-order valence-corrected chi connectivity index (χ1v) is 6.83. The van der Waals surface area contributed by atoms with Gasteiger partial charge >= 0.3 is 0 Å². The summed E-state index contributed by atoms with van der Waals surface area (Å²) in [6, 6.07) is 4.56. The molecule has 0 saturated heterocycles. The Kier molecular flexibility index (Phi) is 6.45. The van der Waals surface area contributed by atoms with Gasteiger partial charge in [0.1, 0.15) is 5.75 Å². The first kappa shape index (κ1) is 16.7.